The molecule has 1 aromatic carbocycles. The van der Waals surface area contributed by atoms with Crippen molar-refractivity contribution in [2.75, 3.05) is 13.2 Å². The largest absolute Gasteiger partial charge is 0.477 e. The van der Waals surface area contributed by atoms with E-state index in [1.54, 1.807) is 30.3 Å². The Kier molecular flexibility index (Phi) is 7.87. The predicted molar refractivity (Wildman–Crippen MR) is 95.8 cm³/mol. The fraction of sp³-hybridized carbons (Fsp3) is 0.556. The summed E-state index contributed by atoms with van der Waals surface area (Å²) in [7, 11) is 0. The average molecular weight is 398 g/mol. The number of carboxylic acids is 1. The predicted octanol–water partition coefficient (Wildman–Crippen LogP) is -1.68. The zero-order valence-electron chi connectivity index (χ0n) is 15.2. The number of nitrogens with two attached hydrogens (primary N) is 1. The molecule has 1 amide bonds. The number of carbonyl (C=O) groups excluding carboxylic acids is 1. The summed E-state index contributed by atoms with van der Waals surface area (Å²) < 4.78 is 11.2. The standard InChI is InChI=1S/C18H26N2O8/c19-8-12(22)6-14-16(20-15(24)9-21)13(23)7-18(28-14,17(25)26)27-10-11-4-2-1-3-5-11/h1-5,12-14,16,21-23H,6-10,19H2,(H,20,24)(H,25,26)/t12-,13-,14-,16+,18+/m0/s1. The third-order valence-corrected chi connectivity index (χ3v) is 4.52. The maximum atomic E-state index is 12.0. The van der Waals surface area contributed by atoms with Gasteiger partial charge in [0.1, 0.15) is 6.61 Å². The van der Waals surface area contributed by atoms with Gasteiger partial charge in [0.15, 0.2) is 0 Å². The molecular weight excluding hydrogens is 372 g/mol. The Bertz CT molecular complexity index is 658. The minimum Gasteiger partial charge on any atom is -0.477 e. The molecular formula is C18H26N2O8. The van der Waals surface area contributed by atoms with Crippen molar-refractivity contribution in [2.45, 2.75) is 49.6 Å². The number of ether oxygens (including phenoxy) is 2. The van der Waals surface area contributed by atoms with E-state index in [-0.39, 0.29) is 19.6 Å². The van der Waals surface area contributed by atoms with E-state index in [0.717, 1.165) is 0 Å². The van der Waals surface area contributed by atoms with Gasteiger partial charge in [0.25, 0.3) is 5.79 Å². The van der Waals surface area contributed by atoms with E-state index < -0.39 is 55.0 Å². The molecule has 5 atom stereocenters. The number of carboxylic acid groups (broad SMARTS) is 1. The van der Waals surface area contributed by atoms with Gasteiger partial charge in [-0.15, -0.1) is 0 Å². The zero-order valence-corrected chi connectivity index (χ0v) is 15.2. The molecule has 0 saturated carbocycles. The number of aliphatic carboxylic acids is 1. The van der Waals surface area contributed by atoms with Crippen LogP contribution in [-0.4, -0.2) is 75.6 Å². The Morgan fingerprint density at radius 2 is 2.04 bits per heavy atom. The first-order valence-corrected chi connectivity index (χ1v) is 8.87. The van der Waals surface area contributed by atoms with Gasteiger partial charge in [0, 0.05) is 19.4 Å². The Labute approximate surface area is 161 Å². The second-order valence-corrected chi connectivity index (χ2v) is 6.64. The molecule has 1 aromatic rings. The smallest absolute Gasteiger partial charge is 0.364 e. The van der Waals surface area contributed by atoms with Crippen molar-refractivity contribution in [3.05, 3.63) is 35.9 Å². The molecule has 1 aliphatic rings. The van der Waals surface area contributed by atoms with Crippen molar-refractivity contribution < 1.29 is 39.5 Å². The van der Waals surface area contributed by atoms with E-state index >= 15 is 0 Å². The number of aliphatic hydroxyl groups excluding tert-OH is 3. The first kappa shape index (κ1) is 22.2. The van der Waals surface area contributed by atoms with E-state index in [9.17, 15) is 24.9 Å². The molecule has 0 bridgehead atoms. The summed E-state index contributed by atoms with van der Waals surface area (Å²) >= 11 is 0. The van der Waals surface area contributed by atoms with Gasteiger partial charge in [-0.05, 0) is 5.56 Å². The Balaban J connectivity index is 2.24. The average Bonchev–Trinajstić information content (AvgIpc) is 2.69. The van der Waals surface area contributed by atoms with Crippen LogP contribution in [0.1, 0.15) is 18.4 Å². The molecule has 1 heterocycles. The van der Waals surface area contributed by atoms with Crippen LogP contribution in [-0.2, 0) is 25.7 Å². The highest BCUT2D eigenvalue weighted by Crippen LogP contribution is 2.34. The van der Waals surface area contributed by atoms with E-state index in [4.69, 9.17) is 20.3 Å². The van der Waals surface area contributed by atoms with Crippen LogP contribution >= 0.6 is 0 Å². The zero-order chi connectivity index (χ0) is 20.7. The van der Waals surface area contributed by atoms with Gasteiger partial charge in [-0.3, -0.25) is 4.79 Å². The lowest BCUT2D eigenvalue weighted by Crippen LogP contribution is -2.64. The second-order valence-electron chi connectivity index (χ2n) is 6.64. The first-order valence-electron chi connectivity index (χ1n) is 8.87. The van der Waals surface area contributed by atoms with Crippen molar-refractivity contribution in [1.29, 1.82) is 0 Å². The van der Waals surface area contributed by atoms with Crippen LogP contribution in [0, 0.1) is 0 Å². The number of nitrogens with one attached hydrogen (secondary N) is 1. The normalized spacial score (nSPS) is 28.5. The fourth-order valence-electron chi connectivity index (χ4n) is 3.06. The number of carbonyl (C=O) groups is 2. The Morgan fingerprint density at radius 1 is 1.36 bits per heavy atom. The lowest BCUT2D eigenvalue weighted by Gasteiger charge is -2.45. The minimum absolute atomic E-state index is 0.0836. The molecule has 28 heavy (non-hydrogen) atoms. The molecule has 156 valence electrons. The van der Waals surface area contributed by atoms with Crippen LogP contribution < -0.4 is 11.1 Å². The molecule has 0 radical (unpaired) electrons. The molecule has 0 aromatic heterocycles. The summed E-state index contributed by atoms with van der Waals surface area (Å²) in [6.45, 7) is -1.02. The van der Waals surface area contributed by atoms with Crippen molar-refractivity contribution in [1.82, 2.24) is 5.32 Å². The molecule has 0 aliphatic carbocycles. The lowest BCUT2D eigenvalue weighted by atomic mass is 9.90. The summed E-state index contributed by atoms with van der Waals surface area (Å²) in [6.07, 6.45) is -4.12. The number of amides is 1. The molecule has 1 saturated heterocycles. The van der Waals surface area contributed by atoms with Gasteiger partial charge >= 0.3 is 5.97 Å². The van der Waals surface area contributed by atoms with Crippen LogP contribution in [0.25, 0.3) is 0 Å². The third-order valence-electron chi connectivity index (χ3n) is 4.52. The summed E-state index contributed by atoms with van der Waals surface area (Å²) in [4.78, 5) is 23.5. The van der Waals surface area contributed by atoms with E-state index in [0.29, 0.717) is 5.56 Å². The molecule has 10 nitrogen and oxygen atoms in total. The number of aliphatic hydroxyl groups is 3. The summed E-state index contributed by atoms with van der Waals surface area (Å²) in [5.41, 5.74) is 6.12. The maximum absolute atomic E-state index is 12.0. The minimum atomic E-state index is -2.17. The molecule has 10 heteroatoms. The summed E-state index contributed by atoms with van der Waals surface area (Å²) in [5, 5.41) is 41.5. The summed E-state index contributed by atoms with van der Waals surface area (Å²) in [6, 6.07) is 7.78. The second kappa shape index (κ2) is 9.92. The van der Waals surface area contributed by atoms with Gasteiger partial charge in [-0.2, -0.15) is 0 Å². The monoisotopic (exact) mass is 398 g/mol. The van der Waals surface area contributed by atoms with Gasteiger partial charge in [-0.1, -0.05) is 30.3 Å². The van der Waals surface area contributed by atoms with Crippen molar-refractivity contribution in [3.63, 3.8) is 0 Å². The van der Waals surface area contributed by atoms with Gasteiger partial charge < -0.3 is 41.0 Å². The van der Waals surface area contributed by atoms with E-state index in [2.05, 4.69) is 5.32 Å². The molecule has 1 aliphatic heterocycles. The van der Waals surface area contributed by atoms with Gasteiger partial charge in [0.05, 0.1) is 31.0 Å². The first-order chi connectivity index (χ1) is 13.3. The van der Waals surface area contributed by atoms with E-state index in [1.807, 2.05) is 0 Å². The van der Waals surface area contributed by atoms with Crippen molar-refractivity contribution >= 4 is 11.9 Å². The lowest BCUT2D eigenvalue weighted by molar-refractivity contribution is -0.301. The molecule has 1 fully saturated rings. The molecule has 2 rings (SSSR count). The fourth-order valence-corrected chi connectivity index (χ4v) is 3.06. The van der Waals surface area contributed by atoms with Gasteiger partial charge in [0.2, 0.25) is 5.91 Å². The number of hydrogen-bond acceptors (Lipinski definition) is 8. The highest BCUT2D eigenvalue weighted by Gasteiger charge is 2.53. The Hall–Kier alpha value is -2.08. The highest BCUT2D eigenvalue weighted by atomic mass is 16.7. The number of hydrogen-bond donors (Lipinski definition) is 6. The number of rotatable bonds is 9. The maximum Gasteiger partial charge on any atom is 0.364 e. The molecule has 7 N–H and O–H groups in total. The van der Waals surface area contributed by atoms with Crippen LogP contribution in [0.15, 0.2) is 30.3 Å². The SMILES string of the molecule is NC[C@@H](O)C[C@@H]1O[C@@](OCc2ccccc2)(C(=O)O)C[C@H](O)[C@H]1NC(=O)CO. The quantitative estimate of drug-likeness (QED) is 0.284. The molecule has 0 unspecified atom stereocenters. The highest BCUT2D eigenvalue weighted by molar-refractivity contribution is 5.78. The van der Waals surface area contributed by atoms with Crippen LogP contribution in [0.3, 0.4) is 0 Å². The van der Waals surface area contributed by atoms with Crippen molar-refractivity contribution in [2.24, 2.45) is 5.73 Å². The van der Waals surface area contributed by atoms with Crippen LogP contribution in [0.4, 0.5) is 0 Å². The van der Waals surface area contributed by atoms with Crippen molar-refractivity contribution in [3.8, 4) is 0 Å². The molecule has 0 spiro atoms. The van der Waals surface area contributed by atoms with E-state index in [1.165, 1.54) is 0 Å². The third kappa shape index (κ3) is 5.47. The number of benzene rings is 1. The van der Waals surface area contributed by atoms with Crippen LogP contribution in [0.5, 0.6) is 0 Å². The summed E-state index contributed by atoms with van der Waals surface area (Å²) in [5.74, 6) is -4.39. The Morgan fingerprint density at radius 3 is 2.61 bits per heavy atom. The van der Waals surface area contributed by atoms with Gasteiger partial charge in [-0.25, -0.2) is 4.79 Å². The van der Waals surface area contributed by atoms with Crippen LogP contribution in [0.2, 0.25) is 0 Å². The topological polar surface area (TPSA) is 172 Å².